The molecule has 2 aromatic rings. The van der Waals surface area contributed by atoms with Crippen molar-refractivity contribution in [1.82, 2.24) is 25.0 Å². The van der Waals surface area contributed by atoms with E-state index in [0.29, 0.717) is 0 Å². The molecule has 0 aliphatic rings. The van der Waals surface area contributed by atoms with E-state index in [-0.39, 0.29) is 0 Å². The minimum Gasteiger partial charge on any atom is -0.372 e. The molecule has 0 saturated carbocycles. The lowest BCUT2D eigenvalue weighted by atomic mass is 10.4. The molecule has 7 nitrogen and oxygen atoms in total. The van der Waals surface area contributed by atoms with E-state index in [1.165, 1.54) is 0 Å². The normalized spacial score (nSPS) is 10.2. The molecule has 0 saturated heterocycles. The van der Waals surface area contributed by atoms with Gasteiger partial charge in [0.15, 0.2) is 0 Å². The Bertz CT molecular complexity index is 440. The zero-order chi connectivity index (χ0) is 11.9. The predicted molar refractivity (Wildman–Crippen MR) is 64.7 cm³/mol. The summed E-state index contributed by atoms with van der Waals surface area (Å²) >= 11 is 0. The topological polar surface area (TPSA) is 80.5 Å². The van der Waals surface area contributed by atoms with Crippen LogP contribution in [0, 0.1) is 0 Å². The molecule has 17 heavy (non-hydrogen) atoms. The average Bonchev–Trinajstić information content (AvgIpc) is 2.88. The van der Waals surface area contributed by atoms with Crippen LogP contribution in [0.15, 0.2) is 24.8 Å². The Morgan fingerprint density at radius 3 is 2.94 bits per heavy atom. The van der Waals surface area contributed by atoms with Crippen LogP contribution in [0.1, 0.15) is 6.42 Å². The van der Waals surface area contributed by atoms with Gasteiger partial charge in [0.1, 0.15) is 11.6 Å². The minimum absolute atomic E-state index is 0.756. The Morgan fingerprint density at radius 2 is 2.18 bits per heavy atom. The molecule has 0 bridgehead atoms. The van der Waals surface area contributed by atoms with E-state index in [1.807, 2.05) is 13.2 Å². The summed E-state index contributed by atoms with van der Waals surface area (Å²) in [6, 6.07) is 0. The summed E-state index contributed by atoms with van der Waals surface area (Å²) in [5, 5.41) is 13.8. The number of hydrogen-bond donors (Lipinski definition) is 2. The fourth-order valence-electron chi connectivity index (χ4n) is 1.38. The summed E-state index contributed by atoms with van der Waals surface area (Å²) in [6.45, 7) is 1.66. The lowest BCUT2D eigenvalue weighted by Gasteiger charge is -2.06. The number of rotatable bonds is 6. The van der Waals surface area contributed by atoms with Crippen LogP contribution in [0.25, 0.3) is 0 Å². The van der Waals surface area contributed by atoms with Crippen molar-refractivity contribution in [2.24, 2.45) is 0 Å². The summed E-state index contributed by atoms with van der Waals surface area (Å²) in [5.74, 6) is 1.53. The van der Waals surface area contributed by atoms with Crippen LogP contribution >= 0.6 is 0 Å². The second kappa shape index (κ2) is 5.78. The van der Waals surface area contributed by atoms with E-state index in [1.54, 1.807) is 23.3 Å². The number of aryl methyl sites for hydroxylation is 1. The molecule has 2 heterocycles. The van der Waals surface area contributed by atoms with Crippen LogP contribution in [0.4, 0.5) is 11.6 Å². The first-order valence-corrected chi connectivity index (χ1v) is 5.46. The molecule has 0 atom stereocenters. The predicted octanol–water partition coefficient (Wildman–Crippen LogP) is 0.612. The molecule has 2 rings (SSSR count). The van der Waals surface area contributed by atoms with Crippen LogP contribution in [-0.2, 0) is 6.54 Å². The Hall–Kier alpha value is -2.18. The summed E-state index contributed by atoms with van der Waals surface area (Å²) < 4.78 is 1.80. The molecule has 90 valence electrons. The molecule has 0 aliphatic carbocycles. The largest absolute Gasteiger partial charge is 0.372 e. The third kappa shape index (κ3) is 3.40. The number of nitrogens with one attached hydrogen (secondary N) is 2. The Balaban J connectivity index is 1.74. The molecule has 0 spiro atoms. The van der Waals surface area contributed by atoms with Crippen molar-refractivity contribution in [2.45, 2.75) is 13.0 Å². The summed E-state index contributed by atoms with van der Waals surface area (Å²) in [5.41, 5.74) is 0. The van der Waals surface area contributed by atoms with Crippen LogP contribution in [0.3, 0.4) is 0 Å². The molecule has 0 amide bonds. The van der Waals surface area contributed by atoms with Gasteiger partial charge in [0.25, 0.3) is 0 Å². The SMILES string of the molecule is CNc1cncc(NCCCn2ccnn2)n1. The Kier molecular flexibility index (Phi) is 3.85. The first kappa shape index (κ1) is 11.3. The monoisotopic (exact) mass is 233 g/mol. The van der Waals surface area contributed by atoms with Gasteiger partial charge >= 0.3 is 0 Å². The maximum atomic E-state index is 4.31. The second-order valence-corrected chi connectivity index (χ2v) is 3.49. The quantitative estimate of drug-likeness (QED) is 0.712. The highest BCUT2D eigenvalue weighted by Crippen LogP contribution is 2.05. The van der Waals surface area contributed by atoms with Gasteiger partial charge in [-0.3, -0.25) is 9.67 Å². The molecular formula is C10H15N7. The van der Waals surface area contributed by atoms with Gasteiger partial charge in [-0.1, -0.05) is 5.21 Å². The first-order chi connectivity index (χ1) is 8.38. The van der Waals surface area contributed by atoms with Gasteiger partial charge in [-0.2, -0.15) is 0 Å². The maximum Gasteiger partial charge on any atom is 0.146 e. The molecular weight excluding hydrogens is 218 g/mol. The molecule has 0 fully saturated rings. The van der Waals surface area contributed by atoms with Gasteiger partial charge in [0, 0.05) is 26.3 Å². The average molecular weight is 233 g/mol. The molecule has 7 heteroatoms. The standard InChI is InChI=1S/C10H15N7/c1-11-9-7-12-8-10(15-9)13-3-2-5-17-6-4-14-16-17/h4,6-8H,2-3,5H2,1H3,(H2,11,13,15). The number of anilines is 2. The molecule has 2 N–H and O–H groups in total. The lowest BCUT2D eigenvalue weighted by molar-refractivity contribution is 0.569. The summed E-state index contributed by atoms with van der Waals surface area (Å²) in [7, 11) is 1.82. The molecule has 0 aliphatic heterocycles. The van der Waals surface area contributed by atoms with E-state index in [4.69, 9.17) is 0 Å². The zero-order valence-corrected chi connectivity index (χ0v) is 9.67. The van der Waals surface area contributed by atoms with E-state index in [9.17, 15) is 0 Å². The fourth-order valence-corrected chi connectivity index (χ4v) is 1.38. The summed E-state index contributed by atoms with van der Waals surface area (Å²) in [4.78, 5) is 8.38. The number of aromatic nitrogens is 5. The highest BCUT2D eigenvalue weighted by molar-refractivity contribution is 5.40. The van der Waals surface area contributed by atoms with Crippen molar-refractivity contribution in [1.29, 1.82) is 0 Å². The minimum atomic E-state index is 0.756. The van der Waals surface area contributed by atoms with E-state index >= 15 is 0 Å². The fraction of sp³-hybridized carbons (Fsp3) is 0.400. The third-order valence-corrected chi connectivity index (χ3v) is 2.23. The van der Waals surface area contributed by atoms with Crippen molar-refractivity contribution in [2.75, 3.05) is 24.2 Å². The van der Waals surface area contributed by atoms with Crippen LogP contribution in [0.2, 0.25) is 0 Å². The van der Waals surface area contributed by atoms with Gasteiger partial charge in [0.2, 0.25) is 0 Å². The molecule has 2 aromatic heterocycles. The van der Waals surface area contributed by atoms with Gasteiger partial charge in [-0.15, -0.1) is 5.10 Å². The molecule has 0 radical (unpaired) electrons. The van der Waals surface area contributed by atoms with E-state index < -0.39 is 0 Å². The molecule has 0 aromatic carbocycles. The van der Waals surface area contributed by atoms with Crippen molar-refractivity contribution < 1.29 is 0 Å². The molecule has 0 unspecified atom stereocenters. The second-order valence-electron chi connectivity index (χ2n) is 3.49. The first-order valence-electron chi connectivity index (χ1n) is 5.46. The number of hydrogen-bond acceptors (Lipinski definition) is 6. The van der Waals surface area contributed by atoms with Gasteiger partial charge in [-0.25, -0.2) is 4.98 Å². The van der Waals surface area contributed by atoms with Crippen LogP contribution in [-0.4, -0.2) is 38.6 Å². The maximum absolute atomic E-state index is 4.31. The van der Waals surface area contributed by atoms with Crippen molar-refractivity contribution >= 4 is 11.6 Å². The highest BCUT2D eigenvalue weighted by Gasteiger charge is 1.96. The Morgan fingerprint density at radius 1 is 1.29 bits per heavy atom. The summed E-state index contributed by atoms with van der Waals surface area (Å²) in [6.07, 6.45) is 7.86. The Labute approximate surface area is 99.3 Å². The van der Waals surface area contributed by atoms with Gasteiger partial charge in [0.05, 0.1) is 18.6 Å². The van der Waals surface area contributed by atoms with Crippen molar-refractivity contribution in [3.8, 4) is 0 Å². The van der Waals surface area contributed by atoms with Crippen LogP contribution < -0.4 is 10.6 Å². The van der Waals surface area contributed by atoms with E-state index in [2.05, 4.69) is 30.9 Å². The zero-order valence-electron chi connectivity index (χ0n) is 9.67. The van der Waals surface area contributed by atoms with Crippen molar-refractivity contribution in [3.63, 3.8) is 0 Å². The highest BCUT2D eigenvalue weighted by atomic mass is 15.4. The third-order valence-electron chi connectivity index (χ3n) is 2.23. The van der Waals surface area contributed by atoms with Crippen LogP contribution in [0.5, 0.6) is 0 Å². The lowest BCUT2D eigenvalue weighted by Crippen LogP contribution is -2.09. The smallest absolute Gasteiger partial charge is 0.146 e. The van der Waals surface area contributed by atoms with Gasteiger partial charge in [-0.05, 0) is 6.42 Å². The van der Waals surface area contributed by atoms with E-state index in [0.717, 1.165) is 31.1 Å². The number of nitrogens with zero attached hydrogens (tertiary/aromatic N) is 5. The van der Waals surface area contributed by atoms with Crippen molar-refractivity contribution in [3.05, 3.63) is 24.8 Å². The van der Waals surface area contributed by atoms with Gasteiger partial charge < -0.3 is 10.6 Å².